The van der Waals surface area contributed by atoms with Crippen molar-refractivity contribution in [2.24, 2.45) is 0 Å². The number of piperidine rings is 1. The molecule has 3 amide bonds. The summed E-state index contributed by atoms with van der Waals surface area (Å²) in [6, 6.07) is 10.4. The Labute approximate surface area is 173 Å². The summed E-state index contributed by atoms with van der Waals surface area (Å²) in [4.78, 5) is 29.6. The van der Waals surface area contributed by atoms with Crippen molar-refractivity contribution in [1.82, 2.24) is 15.1 Å². The summed E-state index contributed by atoms with van der Waals surface area (Å²) in [6.07, 6.45) is 5.66. The Morgan fingerprint density at radius 2 is 1.79 bits per heavy atom. The van der Waals surface area contributed by atoms with Gasteiger partial charge in [0.05, 0.1) is 5.60 Å². The molecule has 3 fully saturated rings. The van der Waals surface area contributed by atoms with Crippen LogP contribution in [0.2, 0.25) is 0 Å². The number of urea groups is 1. The smallest absolute Gasteiger partial charge is 0.317 e. The highest BCUT2D eigenvalue weighted by molar-refractivity contribution is 5.94. The van der Waals surface area contributed by atoms with Crippen LogP contribution in [-0.2, 0) is 4.74 Å². The summed E-state index contributed by atoms with van der Waals surface area (Å²) in [6.45, 7) is 6.07. The minimum atomic E-state index is -0.207. The largest absolute Gasteiger partial charge is 0.375 e. The van der Waals surface area contributed by atoms with Crippen LogP contribution in [0.15, 0.2) is 30.3 Å². The van der Waals surface area contributed by atoms with Crippen molar-refractivity contribution >= 4 is 11.9 Å². The molecule has 0 radical (unpaired) electrons. The second-order valence-corrected chi connectivity index (χ2v) is 9.08. The predicted octanol–water partition coefficient (Wildman–Crippen LogP) is 3.42. The maximum Gasteiger partial charge on any atom is 0.317 e. The molecule has 1 unspecified atom stereocenters. The second-order valence-electron chi connectivity index (χ2n) is 9.08. The molecule has 3 aliphatic rings. The van der Waals surface area contributed by atoms with Crippen LogP contribution < -0.4 is 5.32 Å². The average molecular weight is 400 g/mol. The number of ether oxygens (including phenoxy) is 1. The molecule has 6 heteroatoms. The Morgan fingerprint density at radius 1 is 1.10 bits per heavy atom. The summed E-state index contributed by atoms with van der Waals surface area (Å²) in [7, 11) is 0. The molecule has 1 saturated carbocycles. The maximum atomic E-state index is 13.3. The standard InChI is InChI=1S/C23H33N3O3/c1-17(2)24-22(28)25-13-11-23(12-14-25)16-20(10-15-29-23)26(19-8-9-19)21(27)18-6-4-3-5-7-18/h3-7,17,19-20H,8-16H2,1-2H3,(H,24,28). The normalized spacial score (nSPS) is 23.8. The van der Waals surface area contributed by atoms with Crippen molar-refractivity contribution in [3.05, 3.63) is 35.9 Å². The van der Waals surface area contributed by atoms with Crippen LogP contribution >= 0.6 is 0 Å². The van der Waals surface area contributed by atoms with Gasteiger partial charge in [-0.2, -0.15) is 0 Å². The number of carbonyl (C=O) groups is 2. The van der Waals surface area contributed by atoms with E-state index in [-0.39, 0.29) is 29.6 Å². The number of rotatable bonds is 4. The lowest BCUT2D eigenvalue weighted by Crippen LogP contribution is -2.57. The van der Waals surface area contributed by atoms with Crippen LogP contribution in [0.3, 0.4) is 0 Å². The number of carbonyl (C=O) groups excluding carboxylic acids is 2. The van der Waals surface area contributed by atoms with Gasteiger partial charge in [-0.05, 0) is 64.5 Å². The van der Waals surface area contributed by atoms with Gasteiger partial charge >= 0.3 is 6.03 Å². The van der Waals surface area contributed by atoms with Gasteiger partial charge < -0.3 is 19.9 Å². The monoisotopic (exact) mass is 399 g/mol. The van der Waals surface area contributed by atoms with Gasteiger partial charge in [0, 0.05) is 43.4 Å². The fraction of sp³-hybridized carbons (Fsp3) is 0.652. The van der Waals surface area contributed by atoms with E-state index in [1.54, 1.807) is 0 Å². The van der Waals surface area contributed by atoms with Crippen molar-refractivity contribution in [3.8, 4) is 0 Å². The van der Waals surface area contributed by atoms with Gasteiger partial charge in [0.1, 0.15) is 0 Å². The van der Waals surface area contributed by atoms with E-state index in [0.717, 1.165) is 44.1 Å². The first-order valence-electron chi connectivity index (χ1n) is 11.0. The lowest BCUT2D eigenvalue weighted by molar-refractivity contribution is -0.126. The lowest BCUT2D eigenvalue weighted by Gasteiger charge is -2.48. The lowest BCUT2D eigenvalue weighted by atomic mass is 9.81. The van der Waals surface area contributed by atoms with E-state index in [0.29, 0.717) is 25.7 Å². The minimum absolute atomic E-state index is 0.0149. The molecule has 1 aliphatic carbocycles. The third kappa shape index (κ3) is 4.58. The fourth-order valence-corrected chi connectivity index (χ4v) is 4.76. The first-order valence-corrected chi connectivity index (χ1v) is 11.0. The highest BCUT2D eigenvalue weighted by atomic mass is 16.5. The average Bonchev–Trinajstić information content (AvgIpc) is 3.54. The first kappa shape index (κ1) is 20.2. The van der Waals surface area contributed by atoms with Crippen LogP contribution in [-0.4, -0.2) is 65.2 Å². The zero-order valence-electron chi connectivity index (χ0n) is 17.6. The van der Waals surface area contributed by atoms with Crippen molar-refractivity contribution in [2.45, 2.75) is 76.1 Å². The molecule has 1 atom stereocenters. The van der Waals surface area contributed by atoms with Gasteiger partial charge in [-0.25, -0.2) is 4.79 Å². The highest BCUT2D eigenvalue weighted by Crippen LogP contribution is 2.40. The predicted molar refractivity (Wildman–Crippen MR) is 112 cm³/mol. The number of nitrogens with zero attached hydrogens (tertiary/aromatic N) is 2. The van der Waals surface area contributed by atoms with Gasteiger partial charge in [-0.1, -0.05) is 18.2 Å². The quantitative estimate of drug-likeness (QED) is 0.844. The maximum absolute atomic E-state index is 13.3. The minimum Gasteiger partial charge on any atom is -0.375 e. The molecule has 0 aromatic heterocycles. The molecular formula is C23H33N3O3. The van der Waals surface area contributed by atoms with Gasteiger partial charge in [0.15, 0.2) is 0 Å². The number of hydrogen-bond donors (Lipinski definition) is 1. The van der Waals surface area contributed by atoms with Gasteiger partial charge in [0.2, 0.25) is 0 Å². The van der Waals surface area contributed by atoms with E-state index in [1.807, 2.05) is 49.1 Å². The zero-order chi connectivity index (χ0) is 20.4. The molecule has 29 heavy (non-hydrogen) atoms. The summed E-state index contributed by atoms with van der Waals surface area (Å²) in [5.74, 6) is 0.156. The Morgan fingerprint density at radius 3 is 2.41 bits per heavy atom. The third-order valence-electron chi connectivity index (χ3n) is 6.43. The molecule has 1 aromatic carbocycles. The molecule has 4 rings (SSSR count). The van der Waals surface area contributed by atoms with E-state index < -0.39 is 0 Å². The number of benzene rings is 1. The van der Waals surface area contributed by atoms with E-state index in [4.69, 9.17) is 4.74 Å². The van der Waals surface area contributed by atoms with Gasteiger partial charge in [0.25, 0.3) is 5.91 Å². The summed E-state index contributed by atoms with van der Waals surface area (Å²) >= 11 is 0. The van der Waals surface area contributed by atoms with E-state index >= 15 is 0 Å². The topological polar surface area (TPSA) is 61.9 Å². The van der Waals surface area contributed by atoms with Gasteiger partial charge in [-0.3, -0.25) is 4.79 Å². The van der Waals surface area contributed by atoms with Crippen LogP contribution in [0, 0.1) is 0 Å². The molecule has 6 nitrogen and oxygen atoms in total. The molecule has 0 bridgehead atoms. The second kappa shape index (κ2) is 8.34. The molecule has 1 spiro atoms. The van der Waals surface area contributed by atoms with Crippen LogP contribution in [0.25, 0.3) is 0 Å². The summed E-state index contributed by atoms with van der Waals surface area (Å²) < 4.78 is 6.29. The Kier molecular flexibility index (Phi) is 5.81. The van der Waals surface area contributed by atoms with Crippen molar-refractivity contribution in [1.29, 1.82) is 0 Å². The molecule has 2 heterocycles. The Hall–Kier alpha value is -2.08. The molecule has 2 aliphatic heterocycles. The molecule has 1 aromatic rings. The molecule has 158 valence electrons. The SMILES string of the molecule is CC(C)NC(=O)N1CCC2(CC1)CC(N(C(=O)c1ccccc1)C1CC1)CCO2. The summed E-state index contributed by atoms with van der Waals surface area (Å²) in [5.41, 5.74) is 0.571. The van der Waals surface area contributed by atoms with Crippen LogP contribution in [0.4, 0.5) is 4.79 Å². The first-order chi connectivity index (χ1) is 14.0. The summed E-state index contributed by atoms with van der Waals surface area (Å²) in [5, 5.41) is 2.98. The number of nitrogens with one attached hydrogen (secondary N) is 1. The number of hydrogen-bond acceptors (Lipinski definition) is 3. The van der Waals surface area contributed by atoms with Crippen LogP contribution in [0.5, 0.6) is 0 Å². The van der Waals surface area contributed by atoms with Crippen molar-refractivity contribution in [3.63, 3.8) is 0 Å². The van der Waals surface area contributed by atoms with E-state index in [1.165, 1.54) is 0 Å². The Bertz CT molecular complexity index is 724. The molecule has 1 N–H and O–H groups in total. The van der Waals surface area contributed by atoms with E-state index in [9.17, 15) is 9.59 Å². The third-order valence-corrected chi connectivity index (χ3v) is 6.43. The molecular weight excluding hydrogens is 366 g/mol. The van der Waals surface area contributed by atoms with Gasteiger partial charge in [-0.15, -0.1) is 0 Å². The number of amides is 3. The Balaban J connectivity index is 1.42. The van der Waals surface area contributed by atoms with Crippen molar-refractivity contribution in [2.75, 3.05) is 19.7 Å². The van der Waals surface area contributed by atoms with Crippen molar-refractivity contribution < 1.29 is 14.3 Å². The zero-order valence-corrected chi connectivity index (χ0v) is 17.6. The fourth-order valence-electron chi connectivity index (χ4n) is 4.76. The molecule has 2 saturated heterocycles. The van der Waals surface area contributed by atoms with Crippen LogP contribution in [0.1, 0.15) is 62.7 Å². The van der Waals surface area contributed by atoms with E-state index in [2.05, 4.69) is 10.2 Å². The highest BCUT2D eigenvalue weighted by Gasteiger charge is 2.46. The number of likely N-dealkylation sites (tertiary alicyclic amines) is 1.